The van der Waals surface area contributed by atoms with E-state index in [1.54, 1.807) is 31.2 Å². The number of carbonyl (C=O) groups excluding carboxylic acids is 1. The number of ether oxygens (including phenoxy) is 1. The largest absolute Gasteiger partial charge is 0.449 e. The van der Waals surface area contributed by atoms with Gasteiger partial charge in [0.15, 0.2) is 6.10 Å². The molecule has 0 saturated heterocycles. The van der Waals surface area contributed by atoms with E-state index < -0.39 is 12.1 Å². The van der Waals surface area contributed by atoms with Crippen LogP contribution in [0.1, 0.15) is 29.3 Å². The Bertz CT molecular complexity index is 864. The standard InChI is InChI=1S/C17H12BrFN2O3/c1-10(23-17(22)13-4-2-3-5-14(13)18)15-20-21-16(24-15)11-6-8-12(19)9-7-11/h2-10H,1H3/t10-/m1/s1. The molecule has 3 aromatic rings. The third-order valence-corrected chi connectivity index (χ3v) is 3.95. The predicted molar refractivity (Wildman–Crippen MR) is 87.7 cm³/mol. The SMILES string of the molecule is C[C@@H](OC(=O)c1ccccc1Br)c1nnc(-c2ccc(F)cc2)o1. The third kappa shape index (κ3) is 3.51. The number of carbonyl (C=O) groups is 1. The van der Waals surface area contributed by atoms with Crippen LogP contribution in [0, 0.1) is 5.82 Å². The lowest BCUT2D eigenvalue weighted by Crippen LogP contribution is -2.10. The molecule has 0 saturated carbocycles. The fourth-order valence-corrected chi connectivity index (χ4v) is 2.46. The van der Waals surface area contributed by atoms with Crippen molar-refractivity contribution in [1.29, 1.82) is 0 Å². The molecule has 1 heterocycles. The van der Waals surface area contributed by atoms with Crippen LogP contribution in [0.25, 0.3) is 11.5 Å². The zero-order valence-electron chi connectivity index (χ0n) is 12.6. The number of benzene rings is 2. The van der Waals surface area contributed by atoms with E-state index in [2.05, 4.69) is 26.1 Å². The van der Waals surface area contributed by atoms with Crippen molar-refractivity contribution < 1.29 is 18.3 Å². The minimum Gasteiger partial charge on any atom is -0.449 e. The van der Waals surface area contributed by atoms with Crippen LogP contribution in [0.3, 0.4) is 0 Å². The highest BCUT2D eigenvalue weighted by atomic mass is 79.9. The van der Waals surface area contributed by atoms with Gasteiger partial charge < -0.3 is 9.15 Å². The molecule has 0 bridgehead atoms. The molecule has 1 aromatic heterocycles. The second-order valence-corrected chi connectivity index (χ2v) is 5.83. The molecule has 5 nitrogen and oxygen atoms in total. The maximum Gasteiger partial charge on any atom is 0.340 e. The molecule has 0 aliphatic rings. The maximum atomic E-state index is 12.9. The fourth-order valence-electron chi connectivity index (χ4n) is 2.01. The molecule has 2 aromatic carbocycles. The summed E-state index contributed by atoms with van der Waals surface area (Å²) in [6.07, 6.45) is -0.716. The van der Waals surface area contributed by atoms with Gasteiger partial charge in [-0.25, -0.2) is 9.18 Å². The molecule has 0 unspecified atom stereocenters. The van der Waals surface area contributed by atoms with Gasteiger partial charge in [0.2, 0.25) is 5.89 Å². The zero-order chi connectivity index (χ0) is 17.1. The number of hydrogen-bond donors (Lipinski definition) is 0. The second kappa shape index (κ2) is 6.92. The lowest BCUT2D eigenvalue weighted by molar-refractivity contribution is 0.0279. The Morgan fingerprint density at radius 2 is 1.88 bits per heavy atom. The first-order valence-electron chi connectivity index (χ1n) is 7.09. The summed E-state index contributed by atoms with van der Waals surface area (Å²) in [4.78, 5) is 12.2. The van der Waals surface area contributed by atoms with Gasteiger partial charge in [0.05, 0.1) is 5.56 Å². The molecule has 0 radical (unpaired) electrons. The van der Waals surface area contributed by atoms with Crippen LogP contribution in [0.5, 0.6) is 0 Å². The number of halogens is 2. The first kappa shape index (κ1) is 16.3. The van der Waals surface area contributed by atoms with Gasteiger partial charge in [0.25, 0.3) is 5.89 Å². The van der Waals surface area contributed by atoms with Gasteiger partial charge in [-0.1, -0.05) is 12.1 Å². The Balaban J connectivity index is 1.74. The topological polar surface area (TPSA) is 65.2 Å². The molecular formula is C17H12BrFN2O3. The van der Waals surface area contributed by atoms with Crippen molar-refractivity contribution in [3.05, 3.63) is 70.3 Å². The average Bonchev–Trinajstić information content (AvgIpc) is 3.06. The first-order valence-corrected chi connectivity index (χ1v) is 7.89. The molecule has 7 heteroatoms. The first-order chi connectivity index (χ1) is 11.5. The van der Waals surface area contributed by atoms with Crippen LogP contribution < -0.4 is 0 Å². The predicted octanol–water partition coefficient (Wildman–Crippen LogP) is 4.56. The van der Waals surface area contributed by atoms with E-state index in [9.17, 15) is 9.18 Å². The molecule has 24 heavy (non-hydrogen) atoms. The highest BCUT2D eigenvalue weighted by Gasteiger charge is 2.21. The van der Waals surface area contributed by atoms with Crippen molar-refractivity contribution in [2.75, 3.05) is 0 Å². The van der Waals surface area contributed by atoms with Crippen LogP contribution in [-0.4, -0.2) is 16.2 Å². The molecule has 0 spiro atoms. The summed E-state index contributed by atoms with van der Waals surface area (Å²) in [7, 11) is 0. The van der Waals surface area contributed by atoms with Crippen molar-refractivity contribution >= 4 is 21.9 Å². The number of esters is 1. The van der Waals surface area contributed by atoms with Gasteiger partial charge >= 0.3 is 5.97 Å². The van der Waals surface area contributed by atoms with Crippen molar-refractivity contribution in [1.82, 2.24) is 10.2 Å². The fraction of sp³-hybridized carbons (Fsp3) is 0.118. The van der Waals surface area contributed by atoms with Crippen LogP contribution in [0.15, 0.2) is 57.4 Å². The molecule has 0 amide bonds. The Labute approximate surface area is 145 Å². The number of nitrogens with zero attached hydrogens (tertiary/aromatic N) is 2. The molecule has 0 aliphatic carbocycles. The summed E-state index contributed by atoms with van der Waals surface area (Å²) < 4.78 is 24.4. The van der Waals surface area contributed by atoms with Crippen molar-refractivity contribution in [3.63, 3.8) is 0 Å². The van der Waals surface area contributed by atoms with Gasteiger partial charge in [0, 0.05) is 10.0 Å². The maximum absolute atomic E-state index is 12.9. The molecule has 1 atom stereocenters. The van der Waals surface area contributed by atoms with Gasteiger partial charge in [-0.3, -0.25) is 0 Å². The van der Waals surface area contributed by atoms with Crippen molar-refractivity contribution in [2.45, 2.75) is 13.0 Å². The van der Waals surface area contributed by atoms with Crippen LogP contribution in [0.2, 0.25) is 0 Å². The highest BCUT2D eigenvalue weighted by molar-refractivity contribution is 9.10. The summed E-state index contributed by atoms with van der Waals surface area (Å²) in [6, 6.07) is 12.6. The normalized spacial score (nSPS) is 12.0. The zero-order valence-corrected chi connectivity index (χ0v) is 14.2. The van der Waals surface area contributed by atoms with Crippen LogP contribution >= 0.6 is 15.9 Å². The average molecular weight is 391 g/mol. The lowest BCUT2D eigenvalue weighted by atomic mass is 10.2. The molecule has 0 N–H and O–H groups in total. The van der Waals surface area contributed by atoms with E-state index in [4.69, 9.17) is 9.15 Å². The van der Waals surface area contributed by atoms with E-state index in [1.807, 2.05) is 0 Å². The van der Waals surface area contributed by atoms with E-state index in [1.165, 1.54) is 24.3 Å². The summed E-state index contributed by atoms with van der Waals surface area (Å²) in [5.74, 6) is -0.464. The molecule has 3 rings (SSSR count). The van der Waals surface area contributed by atoms with Gasteiger partial charge in [-0.15, -0.1) is 10.2 Å². The lowest BCUT2D eigenvalue weighted by Gasteiger charge is -2.10. The summed E-state index contributed by atoms with van der Waals surface area (Å²) in [5, 5.41) is 7.78. The Kier molecular flexibility index (Phi) is 4.71. The summed E-state index contributed by atoms with van der Waals surface area (Å²) >= 11 is 3.30. The summed E-state index contributed by atoms with van der Waals surface area (Å²) in [5.41, 5.74) is 0.988. The smallest absolute Gasteiger partial charge is 0.340 e. The van der Waals surface area contributed by atoms with Crippen LogP contribution in [-0.2, 0) is 4.74 Å². The number of hydrogen-bond acceptors (Lipinski definition) is 5. The van der Waals surface area contributed by atoms with E-state index in [-0.39, 0.29) is 17.6 Å². The molecule has 0 fully saturated rings. The molecule has 0 aliphatic heterocycles. The highest BCUT2D eigenvalue weighted by Crippen LogP contribution is 2.24. The van der Waals surface area contributed by atoms with E-state index in [0.29, 0.717) is 15.6 Å². The Hall–Kier alpha value is -2.54. The minimum atomic E-state index is -0.716. The molecular weight excluding hydrogens is 379 g/mol. The number of rotatable bonds is 4. The Morgan fingerprint density at radius 3 is 2.58 bits per heavy atom. The number of aromatic nitrogens is 2. The Morgan fingerprint density at radius 1 is 1.17 bits per heavy atom. The second-order valence-electron chi connectivity index (χ2n) is 4.98. The van der Waals surface area contributed by atoms with Gasteiger partial charge in [-0.2, -0.15) is 0 Å². The van der Waals surface area contributed by atoms with E-state index in [0.717, 1.165) is 0 Å². The molecule has 122 valence electrons. The third-order valence-electron chi connectivity index (χ3n) is 3.26. The monoisotopic (exact) mass is 390 g/mol. The van der Waals surface area contributed by atoms with Gasteiger partial charge in [0.1, 0.15) is 5.82 Å². The van der Waals surface area contributed by atoms with E-state index >= 15 is 0 Å². The van der Waals surface area contributed by atoms with Gasteiger partial charge in [-0.05, 0) is 59.3 Å². The van der Waals surface area contributed by atoms with Crippen LogP contribution in [0.4, 0.5) is 4.39 Å². The minimum absolute atomic E-state index is 0.162. The summed E-state index contributed by atoms with van der Waals surface area (Å²) in [6.45, 7) is 1.64. The van der Waals surface area contributed by atoms with Crippen molar-refractivity contribution in [2.24, 2.45) is 0 Å². The quantitative estimate of drug-likeness (QED) is 0.611. The van der Waals surface area contributed by atoms with Crippen molar-refractivity contribution in [3.8, 4) is 11.5 Å².